The van der Waals surface area contributed by atoms with Crippen molar-refractivity contribution in [2.24, 2.45) is 0 Å². The molecule has 1 aromatic carbocycles. The number of ether oxygens (including phenoxy) is 2. The fraction of sp³-hybridized carbons (Fsp3) is 0.500. The minimum Gasteiger partial charge on any atom is -0.482 e. The van der Waals surface area contributed by atoms with E-state index in [4.69, 9.17) is 21.1 Å². The summed E-state index contributed by atoms with van der Waals surface area (Å²) in [6.07, 6.45) is 1.09. The SMILES string of the molecule is CCCCOC(=O)COc1ccc(Cl)cc1C(C)O. The normalized spacial score (nSPS) is 12.0. The zero-order chi connectivity index (χ0) is 14.3. The molecule has 0 amide bonds. The van der Waals surface area contributed by atoms with Gasteiger partial charge in [-0.25, -0.2) is 4.79 Å². The number of aliphatic hydroxyl groups excluding tert-OH is 1. The lowest BCUT2D eigenvalue weighted by Gasteiger charge is -2.13. The second-order valence-electron chi connectivity index (χ2n) is 4.22. The van der Waals surface area contributed by atoms with Gasteiger partial charge in [0.05, 0.1) is 12.7 Å². The maximum absolute atomic E-state index is 11.4. The summed E-state index contributed by atoms with van der Waals surface area (Å²) >= 11 is 5.85. The summed E-state index contributed by atoms with van der Waals surface area (Å²) in [7, 11) is 0. The lowest BCUT2D eigenvalue weighted by molar-refractivity contribution is -0.146. The van der Waals surface area contributed by atoms with Crippen molar-refractivity contribution >= 4 is 17.6 Å². The van der Waals surface area contributed by atoms with Crippen molar-refractivity contribution in [3.8, 4) is 5.75 Å². The number of unbranched alkanes of at least 4 members (excludes halogenated alkanes) is 1. The Morgan fingerprint density at radius 3 is 2.84 bits per heavy atom. The maximum Gasteiger partial charge on any atom is 0.344 e. The summed E-state index contributed by atoms with van der Waals surface area (Å²) in [6, 6.07) is 4.89. The van der Waals surface area contributed by atoms with Gasteiger partial charge in [-0.1, -0.05) is 24.9 Å². The number of benzene rings is 1. The zero-order valence-corrected chi connectivity index (χ0v) is 11.9. The third kappa shape index (κ3) is 5.49. The highest BCUT2D eigenvalue weighted by molar-refractivity contribution is 6.30. The fourth-order valence-corrected chi connectivity index (χ4v) is 1.67. The first-order valence-corrected chi connectivity index (χ1v) is 6.68. The molecule has 0 spiro atoms. The molecule has 5 heteroatoms. The largest absolute Gasteiger partial charge is 0.482 e. The van der Waals surface area contributed by atoms with Crippen LogP contribution in [0.3, 0.4) is 0 Å². The Kier molecular flexibility index (Phi) is 6.67. The number of halogens is 1. The van der Waals surface area contributed by atoms with Crippen LogP contribution in [0.5, 0.6) is 5.75 Å². The van der Waals surface area contributed by atoms with Gasteiger partial charge in [0.2, 0.25) is 0 Å². The molecule has 1 atom stereocenters. The van der Waals surface area contributed by atoms with Crippen LogP contribution in [0.25, 0.3) is 0 Å². The summed E-state index contributed by atoms with van der Waals surface area (Å²) < 4.78 is 10.3. The van der Waals surface area contributed by atoms with E-state index in [1.165, 1.54) is 0 Å². The summed E-state index contributed by atoms with van der Waals surface area (Å²) in [6.45, 7) is 3.86. The Labute approximate surface area is 118 Å². The molecule has 1 rings (SSSR count). The predicted octanol–water partition coefficient (Wildman–Crippen LogP) is 3.12. The van der Waals surface area contributed by atoms with Crippen molar-refractivity contribution in [1.29, 1.82) is 0 Å². The lowest BCUT2D eigenvalue weighted by atomic mass is 10.1. The Balaban J connectivity index is 2.55. The highest BCUT2D eigenvalue weighted by atomic mass is 35.5. The van der Waals surface area contributed by atoms with Crippen LogP contribution in [0.15, 0.2) is 18.2 Å². The molecule has 0 fully saturated rings. The molecule has 0 heterocycles. The zero-order valence-electron chi connectivity index (χ0n) is 11.2. The average Bonchev–Trinajstić information content (AvgIpc) is 2.37. The molecular formula is C14H19ClO4. The quantitative estimate of drug-likeness (QED) is 0.618. The molecule has 0 aliphatic carbocycles. The van der Waals surface area contributed by atoms with Gasteiger partial charge in [-0.2, -0.15) is 0 Å². The number of carbonyl (C=O) groups excluding carboxylic acids is 1. The molecular weight excluding hydrogens is 268 g/mol. The number of esters is 1. The molecule has 19 heavy (non-hydrogen) atoms. The molecule has 0 aliphatic heterocycles. The smallest absolute Gasteiger partial charge is 0.344 e. The molecule has 0 saturated heterocycles. The van der Waals surface area contributed by atoms with E-state index in [1.54, 1.807) is 25.1 Å². The summed E-state index contributed by atoms with van der Waals surface area (Å²) in [5, 5.41) is 10.1. The molecule has 0 aromatic heterocycles. The molecule has 1 unspecified atom stereocenters. The summed E-state index contributed by atoms with van der Waals surface area (Å²) in [4.78, 5) is 11.4. The molecule has 4 nitrogen and oxygen atoms in total. The topological polar surface area (TPSA) is 55.8 Å². The van der Waals surface area contributed by atoms with Crippen LogP contribution < -0.4 is 4.74 Å². The minimum absolute atomic E-state index is 0.176. The standard InChI is InChI=1S/C14H19ClO4/c1-3-4-7-18-14(17)9-19-13-6-5-11(15)8-12(13)10(2)16/h5-6,8,10,16H,3-4,7,9H2,1-2H3. The lowest BCUT2D eigenvalue weighted by Crippen LogP contribution is -2.16. The van der Waals surface area contributed by atoms with Crippen molar-refractivity contribution in [3.63, 3.8) is 0 Å². The third-order valence-electron chi connectivity index (χ3n) is 2.53. The highest BCUT2D eigenvalue weighted by Crippen LogP contribution is 2.28. The average molecular weight is 287 g/mol. The van der Waals surface area contributed by atoms with E-state index >= 15 is 0 Å². The molecule has 106 valence electrons. The van der Waals surface area contributed by atoms with Crippen molar-refractivity contribution in [1.82, 2.24) is 0 Å². The Hall–Kier alpha value is -1.26. The summed E-state index contributed by atoms with van der Waals surface area (Å²) in [5.41, 5.74) is 0.550. The van der Waals surface area contributed by atoms with Crippen LogP contribution in [0.1, 0.15) is 38.4 Å². The molecule has 1 N–H and O–H groups in total. The number of hydrogen-bond acceptors (Lipinski definition) is 4. The van der Waals surface area contributed by atoms with Gasteiger partial charge >= 0.3 is 5.97 Å². The molecule has 0 aliphatic rings. The van der Waals surface area contributed by atoms with Gasteiger partial charge < -0.3 is 14.6 Å². The first-order chi connectivity index (χ1) is 9.04. The number of carbonyl (C=O) groups is 1. The Bertz CT molecular complexity index is 418. The van der Waals surface area contributed by atoms with Crippen LogP contribution in [0, 0.1) is 0 Å². The molecule has 1 aromatic rings. The Morgan fingerprint density at radius 1 is 1.47 bits per heavy atom. The van der Waals surface area contributed by atoms with E-state index in [9.17, 15) is 9.90 Å². The first kappa shape index (κ1) is 15.8. The van der Waals surface area contributed by atoms with Gasteiger partial charge in [-0.05, 0) is 31.5 Å². The van der Waals surface area contributed by atoms with Gasteiger partial charge in [-0.15, -0.1) is 0 Å². The van der Waals surface area contributed by atoms with Crippen LogP contribution in [0.4, 0.5) is 0 Å². The number of rotatable bonds is 7. The van der Waals surface area contributed by atoms with E-state index in [1.807, 2.05) is 6.92 Å². The second kappa shape index (κ2) is 8.02. The van der Waals surface area contributed by atoms with Crippen molar-refractivity contribution in [2.75, 3.05) is 13.2 Å². The van der Waals surface area contributed by atoms with Crippen LogP contribution in [-0.2, 0) is 9.53 Å². The van der Waals surface area contributed by atoms with E-state index in [0.29, 0.717) is 22.9 Å². The van der Waals surface area contributed by atoms with Crippen molar-refractivity contribution in [2.45, 2.75) is 32.8 Å². The van der Waals surface area contributed by atoms with E-state index in [2.05, 4.69) is 0 Å². The second-order valence-corrected chi connectivity index (χ2v) is 4.66. The minimum atomic E-state index is -0.718. The van der Waals surface area contributed by atoms with E-state index in [-0.39, 0.29) is 6.61 Å². The third-order valence-corrected chi connectivity index (χ3v) is 2.76. The summed E-state index contributed by atoms with van der Waals surface area (Å²) in [5.74, 6) is 0.0202. The van der Waals surface area contributed by atoms with Crippen molar-refractivity contribution in [3.05, 3.63) is 28.8 Å². The predicted molar refractivity (Wildman–Crippen MR) is 73.4 cm³/mol. The van der Waals surface area contributed by atoms with E-state index < -0.39 is 12.1 Å². The van der Waals surface area contributed by atoms with Crippen LogP contribution in [0.2, 0.25) is 5.02 Å². The number of aliphatic hydroxyl groups is 1. The molecule has 0 radical (unpaired) electrons. The molecule has 0 saturated carbocycles. The number of hydrogen-bond donors (Lipinski definition) is 1. The first-order valence-electron chi connectivity index (χ1n) is 6.30. The highest BCUT2D eigenvalue weighted by Gasteiger charge is 2.12. The molecule has 0 bridgehead atoms. The fourth-order valence-electron chi connectivity index (χ4n) is 1.49. The monoisotopic (exact) mass is 286 g/mol. The van der Waals surface area contributed by atoms with Gasteiger partial charge in [-0.3, -0.25) is 0 Å². The van der Waals surface area contributed by atoms with Gasteiger partial charge in [0.15, 0.2) is 6.61 Å². The van der Waals surface area contributed by atoms with Gasteiger partial charge in [0.25, 0.3) is 0 Å². The van der Waals surface area contributed by atoms with Gasteiger partial charge in [0, 0.05) is 10.6 Å². The van der Waals surface area contributed by atoms with Crippen molar-refractivity contribution < 1.29 is 19.4 Å². The van der Waals surface area contributed by atoms with Crippen LogP contribution >= 0.6 is 11.6 Å². The van der Waals surface area contributed by atoms with Gasteiger partial charge in [0.1, 0.15) is 5.75 Å². The Morgan fingerprint density at radius 2 is 2.21 bits per heavy atom. The maximum atomic E-state index is 11.4. The van der Waals surface area contributed by atoms with E-state index in [0.717, 1.165) is 12.8 Å². The van der Waals surface area contributed by atoms with Crippen LogP contribution in [-0.4, -0.2) is 24.3 Å².